The van der Waals surface area contributed by atoms with Gasteiger partial charge in [-0.3, -0.25) is 9.59 Å². The molecule has 3 nitrogen and oxygen atoms in total. The number of rotatable bonds is 4. The van der Waals surface area contributed by atoms with Gasteiger partial charge in [-0.05, 0) is 34.1 Å². The van der Waals surface area contributed by atoms with E-state index < -0.39 is 17.2 Å². The summed E-state index contributed by atoms with van der Waals surface area (Å²) in [6.45, 7) is 6.72. The predicted molar refractivity (Wildman–Crippen MR) is 57.7 cm³/mol. The van der Waals surface area contributed by atoms with Crippen LogP contribution in [0, 0.1) is 5.92 Å². The predicted octanol–water partition coefficient (Wildman–Crippen LogP) is 2.43. The van der Waals surface area contributed by atoms with Gasteiger partial charge in [0.05, 0.1) is 0 Å². The number of esters is 1. The van der Waals surface area contributed by atoms with Crippen LogP contribution in [0.25, 0.3) is 0 Å². The average molecular weight is 230 g/mol. The first-order chi connectivity index (χ1) is 7.10. The molecule has 0 bridgehead atoms. The maximum atomic E-state index is 13.2. The number of carbonyl (C=O) groups excluding carboxylic acids is 2. The van der Waals surface area contributed by atoms with Crippen molar-refractivity contribution in [3.8, 4) is 0 Å². The summed E-state index contributed by atoms with van der Waals surface area (Å²) in [5.74, 6) is -0.971. The van der Waals surface area contributed by atoms with Crippen molar-refractivity contribution in [2.75, 3.05) is 0 Å². The van der Waals surface area contributed by atoms with Gasteiger partial charge in [-0.1, -0.05) is 0 Å². The van der Waals surface area contributed by atoms with Crippen LogP contribution in [0.5, 0.6) is 0 Å². The Morgan fingerprint density at radius 2 is 1.94 bits per heavy atom. The van der Waals surface area contributed by atoms with Crippen molar-refractivity contribution in [1.82, 2.24) is 0 Å². The zero-order chi connectivity index (χ0) is 12.6. The van der Waals surface area contributed by atoms with E-state index >= 15 is 0 Å². The third-order valence-corrected chi connectivity index (χ3v) is 2.57. The van der Waals surface area contributed by atoms with Gasteiger partial charge in [-0.15, -0.1) is 0 Å². The molecule has 2 unspecified atom stereocenters. The van der Waals surface area contributed by atoms with Crippen molar-refractivity contribution >= 4 is 11.8 Å². The summed E-state index contributed by atoms with van der Waals surface area (Å²) in [6, 6.07) is 0. The third-order valence-electron chi connectivity index (χ3n) is 2.57. The molecular weight excluding hydrogens is 211 g/mol. The summed E-state index contributed by atoms with van der Waals surface area (Å²) in [5.41, 5.74) is -1.78. The molecule has 0 aromatic rings. The van der Waals surface area contributed by atoms with Crippen LogP contribution in [0.4, 0.5) is 4.39 Å². The lowest BCUT2D eigenvalue weighted by molar-refractivity contribution is -0.156. The van der Waals surface area contributed by atoms with Crippen LogP contribution in [-0.4, -0.2) is 23.0 Å². The van der Waals surface area contributed by atoms with E-state index in [9.17, 15) is 14.0 Å². The van der Waals surface area contributed by atoms with Crippen molar-refractivity contribution in [3.05, 3.63) is 0 Å². The number of alkyl halides is 1. The topological polar surface area (TPSA) is 43.4 Å². The fourth-order valence-corrected chi connectivity index (χ4v) is 1.59. The van der Waals surface area contributed by atoms with Crippen LogP contribution in [0.1, 0.15) is 47.0 Å². The molecule has 2 atom stereocenters. The van der Waals surface area contributed by atoms with E-state index in [4.69, 9.17) is 4.74 Å². The fraction of sp³-hybridized carbons (Fsp3) is 0.833. The molecule has 4 heteroatoms. The average Bonchev–Trinajstić information content (AvgIpc) is 2.52. The van der Waals surface area contributed by atoms with Crippen molar-refractivity contribution < 1.29 is 18.7 Å². The lowest BCUT2D eigenvalue weighted by atomic mass is 10.1. The molecule has 1 fully saturated rings. The van der Waals surface area contributed by atoms with Crippen LogP contribution in [0.3, 0.4) is 0 Å². The normalized spacial score (nSPS) is 28.7. The van der Waals surface area contributed by atoms with E-state index in [1.807, 2.05) is 0 Å². The lowest BCUT2D eigenvalue weighted by Crippen LogP contribution is -2.25. The number of carbonyl (C=O) groups is 2. The van der Waals surface area contributed by atoms with Gasteiger partial charge in [-0.2, -0.15) is 0 Å². The van der Waals surface area contributed by atoms with E-state index in [2.05, 4.69) is 0 Å². The monoisotopic (exact) mass is 230 g/mol. The van der Waals surface area contributed by atoms with E-state index in [1.54, 1.807) is 20.8 Å². The number of ether oxygens (including phenoxy) is 1. The molecule has 0 spiro atoms. The summed E-state index contributed by atoms with van der Waals surface area (Å²) in [5, 5.41) is 0. The second kappa shape index (κ2) is 4.15. The molecule has 0 heterocycles. The molecule has 16 heavy (non-hydrogen) atoms. The van der Waals surface area contributed by atoms with Gasteiger partial charge >= 0.3 is 5.97 Å². The van der Waals surface area contributed by atoms with Gasteiger partial charge in [0.15, 0.2) is 0 Å². The van der Waals surface area contributed by atoms with Gasteiger partial charge in [0.25, 0.3) is 0 Å². The smallest absolute Gasteiger partial charge is 0.313 e. The highest BCUT2D eigenvalue weighted by Crippen LogP contribution is 2.49. The van der Waals surface area contributed by atoms with Crippen molar-refractivity contribution in [2.24, 2.45) is 5.92 Å². The molecule has 0 amide bonds. The molecule has 0 aromatic heterocycles. The summed E-state index contributed by atoms with van der Waals surface area (Å²) in [7, 11) is 0. The van der Waals surface area contributed by atoms with Gasteiger partial charge < -0.3 is 4.74 Å². The van der Waals surface area contributed by atoms with Gasteiger partial charge in [0, 0.05) is 12.3 Å². The zero-order valence-electron chi connectivity index (χ0n) is 10.3. The maximum absolute atomic E-state index is 13.2. The van der Waals surface area contributed by atoms with Gasteiger partial charge in [-0.25, -0.2) is 4.39 Å². The molecule has 0 aromatic carbocycles. The Bertz CT molecular complexity index is 302. The molecular formula is C12H19FO3. The van der Waals surface area contributed by atoms with Crippen LogP contribution in [-0.2, 0) is 14.3 Å². The van der Waals surface area contributed by atoms with E-state index in [-0.39, 0.29) is 24.5 Å². The highest BCUT2D eigenvalue weighted by Gasteiger charge is 2.51. The zero-order valence-corrected chi connectivity index (χ0v) is 10.3. The van der Waals surface area contributed by atoms with Crippen LogP contribution >= 0.6 is 0 Å². The molecule has 1 aliphatic rings. The molecule has 1 rings (SSSR count). The highest BCUT2D eigenvalue weighted by molar-refractivity contribution is 5.95. The Kier molecular flexibility index (Phi) is 3.41. The first kappa shape index (κ1) is 13.1. The molecule has 0 aliphatic heterocycles. The second-order valence-electron chi connectivity index (χ2n) is 5.69. The first-order valence-corrected chi connectivity index (χ1v) is 5.52. The largest absolute Gasteiger partial charge is 0.460 e. The van der Waals surface area contributed by atoms with Crippen LogP contribution in [0.2, 0.25) is 0 Å². The number of halogens is 1. The lowest BCUT2D eigenvalue weighted by Gasteiger charge is -2.19. The number of Topliss-reactive ketones (excluding diaryl/α,β-unsaturated/α-hetero) is 1. The van der Waals surface area contributed by atoms with E-state index in [0.717, 1.165) is 0 Å². The van der Waals surface area contributed by atoms with E-state index in [1.165, 1.54) is 6.92 Å². The number of ketones is 1. The first-order valence-electron chi connectivity index (χ1n) is 5.52. The minimum absolute atomic E-state index is 0.145. The summed E-state index contributed by atoms with van der Waals surface area (Å²) < 4.78 is 18.2. The Labute approximate surface area is 95.3 Å². The maximum Gasteiger partial charge on any atom is 0.313 e. The van der Waals surface area contributed by atoms with Gasteiger partial charge in [0.2, 0.25) is 0 Å². The number of hydrogen-bond donors (Lipinski definition) is 0. The molecule has 1 aliphatic carbocycles. The molecule has 0 saturated heterocycles. The third kappa shape index (κ3) is 4.29. The SMILES string of the molecule is CC(C)(C)OC(=O)CC(=O)CC1CC1(C)F. The minimum atomic E-state index is -1.20. The van der Waals surface area contributed by atoms with Crippen LogP contribution < -0.4 is 0 Å². The fourth-order valence-electron chi connectivity index (χ4n) is 1.59. The van der Waals surface area contributed by atoms with Crippen molar-refractivity contribution in [2.45, 2.75) is 58.2 Å². The highest BCUT2D eigenvalue weighted by atomic mass is 19.1. The van der Waals surface area contributed by atoms with Gasteiger partial charge in [0.1, 0.15) is 23.5 Å². The Morgan fingerprint density at radius 1 is 1.44 bits per heavy atom. The molecule has 92 valence electrons. The van der Waals surface area contributed by atoms with Crippen molar-refractivity contribution in [3.63, 3.8) is 0 Å². The Balaban J connectivity index is 2.27. The summed E-state index contributed by atoms with van der Waals surface area (Å²) in [4.78, 5) is 22.7. The van der Waals surface area contributed by atoms with E-state index in [0.29, 0.717) is 6.42 Å². The Morgan fingerprint density at radius 3 is 2.31 bits per heavy atom. The second-order valence-corrected chi connectivity index (χ2v) is 5.69. The van der Waals surface area contributed by atoms with Crippen molar-refractivity contribution in [1.29, 1.82) is 0 Å². The minimum Gasteiger partial charge on any atom is -0.460 e. The molecule has 1 saturated carbocycles. The summed E-state index contributed by atoms with van der Waals surface area (Å²) >= 11 is 0. The van der Waals surface area contributed by atoms with Crippen LogP contribution in [0.15, 0.2) is 0 Å². The molecule has 0 radical (unpaired) electrons. The summed E-state index contributed by atoms with van der Waals surface area (Å²) in [6.07, 6.45) is 0.323. The molecule has 0 N–H and O–H groups in total. The quantitative estimate of drug-likeness (QED) is 0.550. The standard InChI is InChI=1S/C12H19FO3/c1-11(2,3)16-10(15)6-9(14)5-8-7-12(8,4)13/h8H,5-7H2,1-4H3. The number of hydrogen-bond acceptors (Lipinski definition) is 3. The Hall–Kier alpha value is -0.930.